The molecule has 2 N–H and O–H groups in total. The highest BCUT2D eigenvalue weighted by Gasteiger charge is 2.17. The number of hydrogen-bond acceptors (Lipinski definition) is 3. The summed E-state index contributed by atoms with van der Waals surface area (Å²) in [6.07, 6.45) is 1.52. The number of nitrogens with zero attached hydrogens (tertiary/aromatic N) is 2. The van der Waals surface area contributed by atoms with Crippen molar-refractivity contribution >= 4 is 5.91 Å². The summed E-state index contributed by atoms with van der Waals surface area (Å²) in [7, 11) is 1.78. The molecular weight excluding hydrogens is 194 g/mol. The van der Waals surface area contributed by atoms with Crippen molar-refractivity contribution in [3.63, 3.8) is 0 Å². The van der Waals surface area contributed by atoms with E-state index in [1.165, 1.54) is 6.20 Å². The summed E-state index contributed by atoms with van der Waals surface area (Å²) in [5.41, 5.74) is 0.455. The monoisotopic (exact) mass is 211 g/mol. The lowest BCUT2D eigenvalue weighted by atomic mass is 10.1. The molecular formula is C10H17N3O2. The van der Waals surface area contributed by atoms with Gasteiger partial charge >= 0.3 is 0 Å². The van der Waals surface area contributed by atoms with Gasteiger partial charge in [-0.3, -0.25) is 9.48 Å². The average Bonchev–Trinajstić information content (AvgIpc) is 2.43. The van der Waals surface area contributed by atoms with E-state index in [2.05, 4.69) is 10.4 Å². The van der Waals surface area contributed by atoms with Gasteiger partial charge in [0.15, 0.2) is 0 Å². The maximum atomic E-state index is 11.6. The first-order valence-electron chi connectivity index (χ1n) is 4.80. The first-order chi connectivity index (χ1) is 6.81. The Labute approximate surface area is 89.1 Å². The van der Waals surface area contributed by atoms with Crippen LogP contribution in [-0.4, -0.2) is 32.9 Å². The molecule has 1 rings (SSSR count). The second-order valence-electron chi connectivity index (χ2n) is 4.26. The molecule has 1 amide bonds. The quantitative estimate of drug-likeness (QED) is 0.752. The maximum absolute atomic E-state index is 11.6. The van der Waals surface area contributed by atoms with Crippen molar-refractivity contribution in [2.45, 2.75) is 26.4 Å². The van der Waals surface area contributed by atoms with Gasteiger partial charge in [-0.15, -0.1) is 0 Å². The van der Waals surface area contributed by atoms with Crippen molar-refractivity contribution in [1.29, 1.82) is 0 Å². The van der Waals surface area contributed by atoms with E-state index >= 15 is 0 Å². The summed E-state index contributed by atoms with van der Waals surface area (Å²) >= 11 is 0. The van der Waals surface area contributed by atoms with Gasteiger partial charge in [0.05, 0.1) is 17.4 Å². The van der Waals surface area contributed by atoms with Crippen LogP contribution in [0, 0.1) is 6.92 Å². The van der Waals surface area contributed by atoms with Gasteiger partial charge in [-0.05, 0) is 20.8 Å². The topological polar surface area (TPSA) is 67.2 Å². The SMILES string of the molecule is Cc1c(C(=O)NCC(C)(C)O)cnn1C. The highest BCUT2D eigenvalue weighted by molar-refractivity contribution is 5.95. The van der Waals surface area contributed by atoms with Gasteiger partial charge in [-0.2, -0.15) is 5.10 Å². The zero-order valence-electron chi connectivity index (χ0n) is 9.53. The summed E-state index contributed by atoms with van der Waals surface area (Å²) in [6.45, 7) is 5.33. The van der Waals surface area contributed by atoms with Crippen molar-refractivity contribution in [1.82, 2.24) is 15.1 Å². The van der Waals surface area contributed by atoms with Crippen LogP contribution in [0.25, 0.3) is 0 Å². The van der Waals surface area contributed by atoms with Crippen molar-refractivity contribution in [2.75, 3.05) is 6.54 Å². The van der Waals surface area contributed by atoms with Crippen molar-refractivity contribution in [2.24, 2.45) is 7.05 Å². The molecule has 15 heavy (non-hydrogen) atoms. The number of carbonyl (C=O) groups is 1. The Kier molecular flexibility index (Phi) is 3.14. The molecule has 0 atom stereocenters. The molecule has 84 valence electrons. The number of nitrogens with one attached hydrogen (secondary N) is 1. The molecule has 1 aromatic heterocycles. The minimum atomic E-state index is -0.897. The van der Waals surface area contributed by atoms with E-state index in [0.717, 1.165) is 5.69 Å². The summed E-state index contributed by atoms with van der Waals surface area (Å²) in [6, 6.07) is 0. The molecule has 5 nitrogen and oxygen atoms in total. The van der Waals surface area contributed by atoms with Crippen LogP contribution in [0.5, 0.6) is 0 Å². The average molecular weight is 211 g/mol. The number of aryl methyl sites for hydroxylation is 1. The van der Waals surface area contributed by atoms with Crippen molar-refractivity contribution in [3.05, 3.63) is 17.5 Å². The predicted octanol–water partition coefficient (Wildman–Crippen LogP) is 0.229. The summed E-state index contributed by atoms with van der Waals surface area (Å²) in [5.74, 6) is -0.206. The van der Waals surface area contributed by atoms with Gasteiger partial charge in [0.2, 0.25) is 0 Å². The largest absolute Gasteiger partial charge is 0.389 e. The van der Waals surface area contributed by atoms with Crippen LogP contribution in [0.1, 0.15) is 29.9 Å². The molecule has 1 aromatic rings. The van der Waals surface area contributed by atoms with Crippen LogP contribution in [0.15, 0.2) is 6.20 Å². The van der Waals surface area contributed by atoms with Gasteiger partial charge in [0.25, 0.3) is 5.91 Å². The standard InChI is InChI=1S/C10H17N3O2/c1-7-8(5-12-13(7)4)9(14)11-6-10(2,3)15/h5,15H,6H2,1-4H3,(H,11,14). The van der Waals surface area contributed by atoms with E-state index < -0.39 is 5.60 Å². The normalized spacial score (nSPS) is 11.5. The van der Waals surface area contributed by atoms with Crippen molar-refractivity contribution in [3.8, 4) is 0 Å². The molecule has 0 aliphatic rings. The fourth-order valence-corrected chi connectivity index (χ4v) is 1.11. The van der Waals surface area contributed by atoms with Crippen LogP contribution < -0.4 is 5.32 Å². The zero-order valence-corrected chi connectivity index (χ0v) is 9.53. The van der Waals surface area contributed by atoms with Gasteiger partial charge in [0.1, 0.15) is 0 Å². The highest BCUT2D eigenvalue weighted by atomic mass is 16.3. The molecule has 0 saturated heterocycles. The molecule has 0 aliphatic heterocycles. The van der Waals surface area contributed by atoms with E-state index in [4.69, 9.17) is 0 Å². The summed E-state index contributed by atoms with van der Waals surface area (Å²) < 4.78 is 1.64. The molecule has 0 saturated carbocycles. The van der Waals surface area contributed by atoms with Gasteiger partial charge in [0, 0.05) is 19.3 Å². The Balaban J connectivity index is 2.66. The van der Waals surface area contributed by atoms with Crippen molar-refractivity contribution < 1.29 is 9.90 Å². The summed E-state index contributed by atoms with van der Waals surface area (Å²) in [5, 5.41) is 16.1. The lowest BCUT2D eigenvalue weighted by Crippen LogP contribution is -2.38. The number of aliphatic hydroxyl groups is 1. The molecule has 0 bridgehead atoms. The number of hydrogen-bond donors (Lipinski definition) is 2. The van der Waals surface area contributed by atoms with E-state index in [9.17, 15) is 9.90 Å². The zero-order chi connectivity index (χ0) is 11.6. The molecule has 1 heterocycles. The van der Waals surface area contributed by atoms with Crippen LogP contribution in [0.3, 0.4) is 0 Å². The van der Waals surface area contributed by atoms with E-state index in [1.807, 2.05) is 6.92 Å². The Hall–Kier alpha value is -1.36. The van der Waals surface area contributed by atoms with E-state index in [0.29, 0.717) is 5.56 Å². The third-order valence-electron chi connectivity index (χ3n) is 2.16. The Morgan fingerprint density at radius 1 is 1.67 bits per heavy atom. The first kappa shape index (κ1) is 11.7. The molecule has 0 fully saturated rings. The van der Waals surface area contributed by atoms with E-state index in [-0.39, 0.29) is 12.5 Å². The Morgan fingerprint density at radius 3 is 2.67 bits per heavy atom. The summed E-state index contributed by atoms with van der Waals surface area (Å²) in [4.78, 5) is 11.6. The Bertz CT molecular complexity index is 363. The van der Waals surface area contributed by atoms with Gasteiger partial charge in [-0.25, -0.2) is 0 Å². The van der Waals surface area contributed by atoms with E-state index in [1.54, 1.807) is 25.6 Å². The van der Waals surface area contributed by atoms with Crippen LogP contribution in [0.2, 0.25) is 0 Å². The lowest BCUT2D eigenvalue weighted by Gasteiger charge is -2.17. The number of carbonyl (C=O) groups excluding carboxylic acids is 1. The fourth-order valence-electron chi connectivity index (χ4n) is 1.11. The smallest absolute Gasteiger partial charge is 0.254 e. The molecule has 5 heteroatoms. The second kappa shape index (κ2) is 4.02. The number of aromatic nitrogens is 2. The number of rotatable bonds is 3. The second-order valence-corrected chi connectivity index (χ2v) is 4.26. The van der Waals surface area contributed by atoms with Crippen LogP contribution in [0.4, 0.5) is 0 Å². The molecule has 0 aliphatic carbocycles. The minimum absolute atomic E-state index is 0.206. The maximum Gasteiger partial charge on any atom is 0.254 e. The lowest BCUT2D eigenvalue weighted by molar-refractivity contribution is 0.0694. The first-order valence-corrected chi connectivity index (χ1v) is 4.80. The molecule has 0 aromatic carbocycles. The number of amides is 1. The molecule has 0 unspecified atom stereocenters. The highest BCUT2D eigenvalue weighted by Crippen LogP contribution is 2.06. The third kappa shape index (κ3) is 3.06. The molecule has 0 spiro atoms. The van der Waals surface area contributed by atoms with Gasteiger partial charge in [-0.1, -0.05) is 0 Å². The fraction of sp³-hybridized carbons (Fsp3) is 0.600. The Morgan fingerprint density at radius 2 is 2.27 bits per heavy atom. The van der Waals surface area contributed by atoms with Crippen LogP contribution in [-0.2, 0) is 7.05 Å². The minimum Gasteiger partial charge on any atom is -0.389 e. The predicted molar refractivity (Wildman–Crippen MR) is 56.6 cm³/mol. The van der Waals surface area contributed by atoms with Gasteiger partial charge < -0.3 is 10.4 Å². The molecule has 0 radical (unpaired) electrons. The third-order valence-corrected chi connectivity index (χ3v) is 2.16. The van der Waals surface area contributed by atoms with Crippen LogP contribution >= 0.6 is 0 Å².